The summed E-state index contributed by atoms with van der Waals surface area (Å²) < 4.78 is 11.1. The molecule has 0 aromatic carbocycles. The molecule has 1 heterocycles. The van der Waals surface area contributed by atoms with Gasteiger partial charge in [0.2, 0.25) is 0 Å². The summed E-state index contributed by atoms with van der Waals surface area (Å²) in [5, 5.41) is 12.1. The van der Waals surface area contributed by atoms with Gasteiger partial charge < -0.3 is 19.6 Å². The van der Waals surface area contributed by atoms with Gasteiger partial charge in [-0.1, -0.05) is 12.8 Å². The normalized spacial score (nSPS) is 16.8. The first kappa shape index (κ1) is 12.6. The summed E-state index contributed by atoms with van der Waals surface area (Å²) in [4.78, 5) is 0. The van der Waals surface area contributed by atoms with Crippen molar-refractivity contribution >= 4 is 0 Å². The summed E-state index contributed by atoms with van der Waals surface area (Å²) >= 11 is 0. The quantitative estimate of drug-likeness (QED) is 0.713. The van der Waals surface area contributed by atoms with Crippen LogP contribution in [0.2, 0.25) is 0 Å². The maximum absolute atomic E-state index is 8.85. The minimum Gasteiger partial charge on any atom is -0.462 e. The van der Waals surface area contributed by atoms with Crippen molar-refractivity contribution in [2.24, 2.45) is 0 Å². The molecule has 0 aliphatic heterocycles. The second kappa shape index (κ2) is 6.79. The summed E-state index contributed by atoms with van der Waals surface area (Å²) in [7, 11) is 0. The van der Waals surface area contributed by atoms with Crippen LogP contribution in [0.4, 0.5) is 0 Å². The van der Waals surface area contributed by atoms with E-state index in [9.17, 15) is 0 Å². The number of ether oxygens (including phenoxy) is 1. The van der Waals surface area contributed by atoms with Crippen molar-refractivity contribution in [3.63, 3.8) is 0 Å². The van der Waals surface area contributed by atoms with Crippen LogP contribution in [0, 0.1) is 0 Å². The molecule has 0 radical (unpaired) electrons. The van der Waals surface area contributed by atoms with E-state index in [4.69, 9.17) is 14.3 Å². The molecule has 0 saturated heterocycles. The average molecular weight is 239 g/mol. The number of rotatable bonds is 7. The predicted octanol–water partition coefficient (Wildman–Crippen LogP) is 1.82. The monoisotopic (exact) mass is 239 g/mol. The van der Waals surface area contributed by atoms with Gasteiger partial charge in [0.25, 0.3) is 0 Å². The minimum atomic E-state index is -0.0369. The molecule has 96 valence electrons. The largest absolute Gasteiger partial charge is 0.462 e. The Morgan fingerprint density at radius 1 is 1.29 bits per heavy atom. The number of nitrogens with one attached hydrogen (secondary N) is 1. The van der Waals surface area contributed by atoms with Crippen LogP contribution in [0.5, 0.6) is 0 Å². The lowest BCUT2D eigenvalue weighted by atomic mass is 10.3. The first-order chi connectivity index (χ1) is 8.38. The summed E-state index contributed by atoms with van der Waals surface area (Å²) in [5.74, 6) is 1.47. The van der Waals surface area contributed by atoms with Crippen molar-refractivity contribution in [2.75, 3.05) is 13.2 Å². The predicted molar refractivity (Wildman–Crippen MR) is 64.5 cm³/mol. The van der Waals surface area contributed by atoms with E-state index in [-0.39, 0.29) is 6.61 Å². The van der Waals surface area contributed by atoms with Gasteiger partial charge in [0.05, 0.1) is 19.3 Å². The van der Waals surface area contributed by atoms with Crippen molar-refractivity contribution in [3.8, 4) is 0 Å². The zero-order valence-electron chi connectivity index (χ0n) is 10.2. The van der Waals surface area contributed by atoms with E-state index in [1.165, 1.54) is 25.7 Å². The highest BCUT2D eigenvalue weighted by Gasteiger charge is 2.14. The van der Waals surface area contributed by atoms with Crippen LogP contribution in [-0.4, -0.2) is 24.4 Å². The van der Waals surface area contributed by atoms with Crippen LogP contribution >= 0.6 is 0 Å². The second-order valence-corrected chi connectivity index (χ2v) is 4.48. The van der Waals surface area contributed by atoms with E-state index in [1.54, 1.807) is 6.07 Å². The van der Waals surface area contributed by atoms with Gasteiger partial charge in [-0.25, -0.2) is 0 Å². The number of hydrogen-bond acceptors (Lipinski definition) is 4. The fourth-order valence-electron chi connectivity index (χ4n) is 2.17. The first-order valence-corrected chi connectivity index (χ1v) is 6.39. The Morgan fingerprint density at radius 3 is 2.76 bits per heavy atom. The maximum atomic E-state index is 8.85. The molecule has 1 aliphatic carbocycles. The maximum Gasteiger partial charge on any atom is 0.129 e. The molecule has 4 nitrogen and oxygen atoms in total. The van der Waals surface area contributed by atoms with Gasteiger partial charge in [-0.15, -0.1) is 0 Å². The smallest absolute Gasteiger partial charge is 0.129 e. The molecule has 0 amide bonds. The Kier molecular flexibility index (Phi) is 5.04. The zero-order valence-corrected chi connectivity index (χ0v) is 10.2. The fraction of sp³-hybridized carbons (Fsp3) is 0.692. The molecular weight excluding hydrogens is 218 g/mol. The number of hydrogen-bond donors (Lipinski definition) is 2. The van der Waals surface area contributed by atoms with Gasteiger partial charge in [-0.2, -0.15) is 0 Å². The molecule has 2 rings (SSSR count). The SMILES string of the molecule is OCc1ccc(CNCCOC2CCCC2)o1. The van der Waals surface area contributed by atoms with Gasteiger partial charge in [0.1, 0.15) is 18.1 Å². The van der Waals surface area contributed by atoms with E-state index >= 15 is 0 Å². The fourth-order valence-corrected chi connectivity index (χ4v) is 2.17. The van der Waals surface area contributed by atoms with Crippen molar-refractivity contribution in [3.05, 3.63) is 23.7 Å². The molecule has 17 heavy (non-hydrogen) atoms. The first-order valence-electron chi connectivity index (χ1n) is 6.39. The van der Waals surface area contributed by atoms with Gasteiger partial charge in [-0.05, 0) is 25.0 Å². The third-order valence-electron chi connectivity index (χ3n) is 3.11. The minimum absolute atomic E-state index is 0.0369. The van der Waals surface area contributed by atoms with E-state index in [0.29, 0.717) is 18.4 Å². The average Bonchev–Trinajstić information content (AvgIpc) is 2.99. The summed E-state index contributed by atoms with van der Waals surface area (Å²) in [6, 6.07) is 3.68. The zero-order chi connectivity index (χ0) is 11.9. The highest BCUT2D eigenvalue weighted by molar-refractivity contribution is 5.05. The lowest BCUT2D eigenvalue weighted by Crippen LogP contribution is -2.21. The molecule has 1 aromatic rings. The van der Waals surface area contributed by atoms with Gasteiger partial charge >= 0.3 is 0 Å². The highest BCUT2D eigenvalue weighted by atomic mass is 16.5. The summed E-state index contributed by atoms with van der Waals surface area (Å²) in [6.45, 7) is 2.25. The Labute approximate surface area is 102 Å². The molecule has 2 N–H and O–H groups in total. The molecule has 0 spiro atoms. The molecular formula is C13H21NO3. The van der Waals surface area contributed by atoms with Crippen LogP contribution in [0.1, 0.15) is 37.2 Å². The lowest BCUT2D eigenvalue weighted by Gasteiger charge is -2.10. The Hall–Kier alpha value is -0.840. The van der Waals surface area contributed by atoms with Crippen molar-refractivity contribution in [1.82, 2.24) is 5.32 Å². The van der Waals surface area contributed by atoms with Gasteiger partial charge in [-0.3, -0.25) is 0 Å². The molecule has 4 heteroatoms. The van der Waals surface area contributed by atoms with Crippen molar-refractivity contribution in [2.45, 2.75) is 44.9 Å². The van der Waals surface area contributed by atoms with E-state index in [0.717, 1.165) is 18.9 Å². The van der Waals surface area contributed by atoms with Crippen molar-refractivity contribution in [1.29, 1.82) is 0 Å². The van der Waals surface area contributed by atoms with Crippen LogP contribution in [0.25, 0.3) is 0 Å². The van der Waals surface area contributed by atoms with Gasteiger partial charge in [0.15, 0.2) is 0 Å². The molecule has 0 unspecified atom stereocenters. The third-order valence-corrected chi connectivity index (χ3v) is 3.11. The van der Waals surface area contributed by atoms with E-state index in [2.05, 4.69) is 5.32 Å². The van der Waals surface area contributed by atoms with Crippen molar-refractivity contribution < 1.29 is 14.3 Å². The third kappa shape index (κ3) is 4.15. The van der Waals surface area contributed by atoms with Crippen LogP contribution in [0.3, 0.4) is 0 Å². The molecule has 0 atom stereocenters. The van der Waals surface area contributed by atoms with E-state index in [1.807, 2.05) is 6.07 Å². The molecule has 1 aliphatic rings. The standard InChI is InChI=1S/C13H21NO3/c15-10-13-6-5-12(17-13)9-14-7-8-16-11-3-1-2-4-11/h5-6,11,14-15H,1-4,7-10H2. The highest BCUT2D eigenvalue weighted by Crippen LogP contribution is 2.20. The molecule has 0 bridgehead atoms. The molecule has 1 fully saturated rings. The number of aliphatic hydroxyl groups is 1. The summed E-state index contributed by atoms with van der Waals surface area (Å²) in [6.07, 6.45) is 5.56. The Morgan fingerprint density at radius 2 is 2.06 bits per heavy atom. The Bertz CT molecular complexity index is 318. The Balaban J connectivity index is 1.53. The van der Waals surface area contributed by atoms with E-state index < -0.39 is 0 Å². The topological polar surface area (TPSA) is 54.6 Å². The number of aliphatic hydroxyl groups excluding tert-OH is 1. The second-order valence-electron chi connectivity index (χ2n) is 4.48. The van der Waals surface area contributed by atoms with Gasteiger partial charge in [0, 0.05) is 6.54 Å². The van der Waals surface area contributed by atoms with Crippen LogP contribution < -0.4 is 5.32 Å². The molecule has 1 aromatic heterocycles. The van der Waals surface area contributed by atoms with Crippen LogP contribution in [-0.2, 0) is 17.9 Å². The number of furan rings is 1. The molecule has 1 saturated carbocycles. The lowest BCUT2D eigenvalue weighted by molar-refractivity contribution is 0.0600. The summed E-state index contributed by atoms with van der Waals surface area (Å²) in [5.41, 5.74) is 0. The van der Waals surface area contributed by atoms with Crippen LogP contribution in [0.15, 0.2) is 16.5 Å².